The summed E-state index contributed by atoms with van der Waals surface area (Å²) in [5.74, 6) is -0.813. The van der Waals surface area contributed by atoms with Crippen LogP contribution >= 0.6 is 0 Å². The lowest BCUT2D eigenvalue weighted by molar-refractivity contribution is -0.132. The summed E-state index contributed by atoms with van der Waals surface area (Å²) in [6.45, 7) is 3.92. The summed E-state index contributed by atoms with van der Waals surface area (Å²) in [4.78, 5) is 25.4. The molecule has 1 aliphatic heterocycles. The van der Waals surface area contributed by atoms with Crippen molar-refractivity contribution in [3.05, 3.63) is 35.9 Å². The number of methoxy groups -OCH3 is 1. The van der Waals surface area contributed by atoms with Crippen LogP contribution in [0, 0.1) is 5.92 Å². The molecule has 3 N–H and O–H groups in total. The molecule has 5 atom stereocenters. The van der Waals surface area contributed by atoms with Gasteiger partial charge in [-0.1, -0.05) is 37.3 Å². The normalized spacial score (nSPS) is 21.7. The maximum atomic E-state index is 12.7. The number of benzene rings is 1. The molecule has 4 unspecified atom stereocenters. The molecular formula is C19H28N2O5. The molecule has 2 rings (SSSR count). The van der Waals surface area contributed by atoms with Gasteiger partial charge >= 0.3 is 6.09 Å². The van der Waals surface area contributed by atoms with Crippen LogP contribution in [-0.4, -0.2) is 59.0 Å². The number of hydrogen-bond acceptors (Lipinski definition) is 4. The molecule has 1 aromatic rings. The molecule has 2 amide bonds. The minimum Gasteiger partial charge on any atom is -0.465 e. The zero-order valence-electron chi connectivity index (χ0n) is 15.5. The van der Waals surface area contributed by atoms with E-state index in [4.69, 9.17) is 4.74 Å². The molecule has 0 bridgehead atoms. The predicted octanol–water partition coefficient (Wildman–Crippen LogP) is 2.02. The van der Waals surface area contributed by atoms with Crippen molar-refractivity contribution in [1.29, 1.82) is 0 Å². The topological polar surface area (TPSA) is 99.1 Å². The molecule has 7 heteroatoms. The summed E-state index contributed by atoms with van der Waals surface area (Å²) in [6, 6.07) is 8.31. The van der Waals surface area contributed by atoms with Gasteiger partial charge in [-0.15, -0.1) is 0 Å². The van der Waals surface area contributed by atoms with Crippen molar-refractivity contribution < 1.29 is 24.5 Å². The van der Waals surface area contributed by atoms with Gasteiger partial charge < -0.3 is 25.2 Å². The Labute approximate surface area is 154 Å². The van der Waals surface area contributed by atoms with Gasteiger partial charge in [-0.3, -0.25) is 4.79 Å². The maximum Gasteiger partial charge on any atom is 0.407 e. The monoisotopic (exact) mass is 364 g/mol. The van der Waals surface area contributed by atoms with Crippen molar-refractivity contribution in [3.8, 4) is 0 Å². The number of ether oxygens (including phenoxy) is 1. The molecule has 1 saturated heterocycles. The Morgan fingerprint density at radius 2 is 1.92 bits per heavy atom. The second kappa shape index (κ2) is 9.00. The summed E-state index contributed by atoms with van der Waals surface area (Å²) in [6.07, 6.45) is -0.918. The van der Waals surface area contributed by atoms with Gasteiger partial charge in [-0.25, -0.2) is 4.79 Å². The second-order valence-electron chi connectivity index (χ2n) is 6.83. The van der Waals surface area contributed by atoms with Gasteiger partial charge in [0, 0.05) is 13.7 Å². The van der Waals surface area contributed by atoms with Crippen LogP contribution in [0.2, 0.25) is 0 Å². The first-order valence-electron chi connectivity index (χ1n) is 8.92. The van der Waals surface area contributed by atoms with E-state index in [-0.39, 0.29) is 11.9 Å². The third-order valence-electron chi connectivity index (χ3n) is 5.09. The van der Waals surface area contributed by atoms with Gasteiger partial charge in [0.15, 0.2) is 0 Å². The Morgan fingerprint density at radius 3 is 2.50 bits per heavy atom. The van der Waals surface area contributed by atoms with Crippen LogP contribution in [0.25, 0.3) is 0 Å². The number of rotatable bonds is 7. The van der Waals surface area contributed by atoms with Crippen molar-refractivity contribution in [3.63, 3.8) is 0 Å². The molecule has 26 heavy (non-hydrogen) atoms. The van der Waals surface area contributed by atoms with Crippen LogP contribution < -0.4 is 5.32 Å². The SMILES string of the molecule is COC(C(C)C(=O)NC(C)C(O)c1ccccc1)[C@@H]1CCCN1C(=O)O. The summed E-state index contributed by atoms with van der Waals surface area (Å²) >= 11 is 0. The first-order chi connectivity index (χ1) is 12.4. The first kappa shape index (κ1) is 20.2. The summed E-state index contributed by atoms with van der Waals surface area (Å²) in [5, 5.41) is 22.6. The molecule has 0 aromatic heterocycles. The summed E-state index contributed by atoms with van der Waals surface area (Å²) < 4.78 is 5.50. The first-order valence-corrected chi connectivity index (χ1v) is 8.92. The number of likely N-dealkylation sites (tertiary alicyclic amines) is 1. The van der Waals surface area contributed by atoms with E-state index in [1.165, 1.54) is 12.0 Å². The molecule has 1 heterocycles. The molecule has 144 valence electrons. The zero-order chi connectivity index (χ0) is 19.3. The molecule has 1 aromatic carbocycles. The minimum atomic E-state index is -0.991. The zero-order valence-corrected chi connectivity index (χ0v) is 15.5. The Morgan fingerprint density at radius 1 is 1.27 bits per heavy atom. The number of nitrogens with zero attached hydrogens (tertiary/aromatic N) is 1. The minimum absolute atomic E-state index is 0.267. The van der Waals surface area contributed by atoms with Crippen LogP contribution in [0.3, 0.4) is 0 Å². The van der Waals surface area contributed by atoms with Crippen molar-refractivity contribution in [2.75, 3.05) is 13.7 Å². The van der Waals surface area contributed by atoms with Gasteiger partial charge in [-0.2, -0.15) is 0 Å². The lowest BCUT2D eigenvalue weighted by Crippen LogP contribution is -2.51. The third kappa shape index (κ3) is 4.53. The molecule has 1 aliphatic rings. The highest BCUT2D eigenvalue weighted by atomic mass is 16.5. The summed E-state index contributed by atoms with van der Waals surface area (Å²) in [5.41, 5.74) is 0.726. The number of aliphatic hydroxyl groups is 1. The number of hydrogen-bond donors (Lipinski definition) is 3. The van der Waals surface area contributed by atoms with Crippen LogP contribution in [0.5, 0.6) is 0 Å². The fourth-order valence-corrected chi connectivity index (χ4v) is 3.59. The number of aliphatic hydroxyl groups excluding tert-OH is 1. The second-order valence-corrected chi connectivity index (χ2v) is 6.83. The smallest absolute Gasteiger partial charge is 0.407 e. The third-order valence-corrected chi connectivity index (χ3v) is 5.09. The quantitative estimate of drug-likeness (QED) is 0.687. The van der Waals surface area contributed by atoms with Gasteiger partial charge in [0.25, 0.3) is 0 Å². The van der Waals surface area contributed by atoms with Gasteiger partial charge in [-0.05, 0) is 25.3 Å². The molecule has 0 aliphatic carbocycles. The Bertz CT molecular complexity index is 609. The lowest BCUT2D eigenvalue weighted by atomic mass is 9.94. The maximum absolute atomic E-state index is 12.7. The molecular weight excluding hydrogens is 336 g/mol. The lowest BCUT2D eigenvalue weighted by Gasteiger charge is -2.33. The van der Waals surface area contributed by atoms with Crippen molar-refractivity contribution in [2.45, 2.75) is 51.0 Å². The van der Waals surface area contributed by atoms with Crippen LogP contribution in [0.1, 0.15) is 38.4 Å². The van der Waals surface area contributed by atoms with Crippen LogP contribution in [0.4, 0.5) is 4.79 Å². The van der Waals surface area contributed by atoms with Gasteiger partial charge in [0.2, 0.25) is 5.91 Å². The number of nitrogens with one attached hydrogen (secondary N) is 1. The molecule has 0 radical (unpaired) electrons. The Hall–Kier alpha value is -2.12. The van der Waals surface area contributed by atoms with Gasteiger partial charge in [0.05, 0.1) is 30.2 Å². The number of amides is 2. The number of carboxylic acid groups (broad SMARTS) is 1. The van der Waals surface area contributed by atoms with Crippen molar-refractivity contribution in [2.24, 2.45) is 5.92 Å². The molecule has 7 nitrogen and oxygen atoms in total. The van der Waals surface area contributed by atoms with E-state index in [2.05, 4.69) is 5.32 Å². The predicted molar refractivity (Wildman–Crippen MR) is 96.7 cm³/mol. The highest BCUT2D eigenvalue weighted by Gasteiger charge is 2.40. The van der Waals surface area contributed by atoms with E-state index < -0.39 is 30.3 Å². The average molecular weight is 364 g/mol. The van der Waals surface area contributed by atoms with E-state index >= 15 is 0 Å². The van der Waals surface area contributed by atoms with Crippen LogP contribution in [0.15, 0.2) is 30.3 Å². The van der Waals surface area contributed by atoms with Crippen molar-refractivity contribution >= 4 is 12.0 Å². The molecule has 1 fully saturated rings. The Kier molecular flexibility index (Phi) is 6.99. The van der Waals surface area contributed by atoms with Crippen molar-refractivity contribution in [1.82, 2.24) is 10.2 Å². The Balaban J connectivity index is 2.01. The highest BCUT2D eigenvalue weighted by molar-refractivity contribution is 5.79. The fourth-order valence-electron chi connectivity index (χ4n) is 3.59. The molecule has 0 saturated carbocycles. The number of carbonyl (C=O) groups is 2. The van der Waals surface area contributed by atoms with Crippen LogP contribution in [-0.2, 0) is 9.53 Å². The fraction of sp³-hybridized carbons (Fsp3) is 0.579. The summed E-state index contributed by atoms with van der Waals surface area (Å²) in [7, 11) is 1.50. The highest BCUT2D eigenvalue weighted by Crippen LogP contribution is 2.26. The van der Waals surface area contributed by atoms with E-state index in [0.29, 0.717) is 13.0 Å². The molecule has 0 spiro atoms. The van der Waals surface area contributed by atoms with E-state index in [0.717, 1.165) is 12.0 Å². The average Bonchev–Trinajstić information content (AvgIpc) is 3.12. The standard InChI is InChI=1S/C19H28N2O5/c1-12(17(26-3)15-10-7-11-21(15)19(24)25)18(23)20-13(2)16(22)14-8-5-4-6-9-14/h4-6,8-9,12-13,15-17,22H,7,10-11H2,1-3H3,(H,20,23)(H,24,25)/t12?,13?,15-,16?,17?/m0/s1. The largest absolute Gasteiger partial charge is 0.465 e. The number of carbonyl (C=O) groups excluding carboxylic acids is 1. The van der Waals surface area contributed by atoms with E-state index in [9.17, 15) is 19.8 Å². The van der Waals surface area contributed by atoms with Gasteiger partial charge in [0.1, 0.15) is 0 Å². The van der Waals surface area contributed by atoms with E-state index in [1.807, 2.05) is 18.2 Å². The van der Waals surface area contributed by atoms with E-state index in [1.54, 1.807) is 26.0 Å².